The number of benzene rings is 2. The van der Waals surface area contributed by atoms with Crippen LogP contribution in [0.1, 0.15) is 43.6 Å². The fourth-order valence-corrected chi connectivity index (χ4v) is 4.84. The molecule has 4 N–H and O–H groups in total. The summed E-state index contributed by atoms with van der Waals surface area (Å²) in [5.41, 5.74) is 2.50. The molecule has 2 aromatic rings. The molecule has 182 valence electrons. The monoisotopic (exact) mass is 494 g/mol. The van der Waals surface area contributed by atoms with Gasteiger partial charge in [-0.1, -0.05) is 56.6 Å². The van der Waals surface area contributed by atoms with Crippen LogP contribution in [0.3, 0.4) is 0 Å². The van der Waals surface area contributed by atoms with Crippen molar-refractivity contribution in [3.05, 3.63) is 64.2 Å². The highest BCUT2D eigenvalue weighted by Crippen LogP contribution is 2.38. The molecule has 1 saturated heterocycles. The highest BCUT2D eigenvalue weighted by molar-refractivity contribution is 6.74. The Hall–Kier alpha value is -1.45. The summed E-state index contributed by atoms with van der Waals surface area (Å²) in [4.78, 5) is 0. The average molecular weight is 495 g/mol. The van der Waals surface area contributed by atoms with Crippen LogP contribution >= 0.6 is 11.6 Å². The molecular formula is C25H35ClO6Si. The first kappa shape index (κ1) is 26.2. The normalized spacial score (nSPS) is 26.3. The summed E-state index contributed by atoms with van der Waals surface area (Å²) in [6.45, 7) is 10.6. The lowest BCUT2D eigenvalue weighted by Gasteiger charge is -2.40. The molecule has 1 fully saturated rings. The average Bonchev–Trinajstić information content (AvgIpc) is 2.74. The fourth-order valence-electron chi connectivity index (χ4n) is 3.63. The minimum absolute atomic E-state index is 0.115. The van der Waals surface area contributed by atoms with Crippen molar-refractivity contribution < 1.29 is 29.6 Å². The van der Waals surface area contributed by atoms with Gasteiger partial charge in [0.1, 0.15) is 36.3 Å². The van der Waals surface area contributed by atoms with Crippen molar-refractivity contribution in [3.8, 4) is 5.75 Å². The number of aliphatic hydroxyl groups excluding tert-OH is 4. The topological polar surface area (TPSA) is 99.4 Å². The largest absolute Gasteiger partial charge is 0.544 e. The van der Waals surface area contributed by atoms with E-state index < -0.39 is 45.4 Å². The van der Waals surface area contributed by atoms with Gasteiger partial charge in [0.15, 0.2) is 0 Å². The van der Waals surface area contributed by atoms with E-state index in [0.29, 0.717) is 17.0 Å². The van der Waals surface area contributed by atoms with Crippen LogP contribution in [-0.4, -0.2) is 59.8 Å². The molecule has 3 rings (SSSR count). The first-order valence-electron chi connectivity index (χ1n) is 11.2. The fraction of sp³-hybridized carbons (Fsp3) is 0.520. The Labute approximate surface area is 201 Å². The van der Waals surface area contributed by atoms with Crippen molar-refractivity contribution in [1.82, 2.24) is 0 Å². The first-order valence-corrected chi connectivity index (χ1v) is 14.5. The van der Waals surface area contributed by atoms with Gasteiger partial charge < -0.3 is 29.6 Å². The third kappa shape index (κ3) is 5.79. The lowest BCUT2D eigenvalue weighted by Crippen LogP contribution is -2.55. The van der Waals surface area contributed by atoms with Crippen molar-refractivity contribution >= 4 is 19.9 Å². The lowest BCUT2D eigenvalue weighted by molar-refractivity contribution is -0.231. The van der Waals surface area contributed by atoms with Gasteiger partial charge in [0, 0.05) is 5.02 Å². The zero-order valence-corrected chi connectivity index (χ0v) is 21.6. The van der Waals surface area contributed by atoms with Gasteiger partial charge in [-0.05, 0) is 59.4 Å². The predicted molar refractivity (Wildman–Crippen MR) is 131 cm³/mol. The molecular weight excluding hydrogens is 460 g/mol. The molecule has 1 aliphatic heterocycles. The van der Waals surface area contributed by atoms with Gasteiger partial charge in [-0.15, -0.1) is 0 Å². The first-order chi connectivity index (χ1) is 15.3. The van der Waals surface area contributed by atoms with Gasteiger partial charge in [0.05, 0.1) is 6.61 Å². The van der Waals surface area contributed by atoms with E-state index in [-0.39, 0.29) is 5.04 Å². The van der Waals surface area contributed by atoms with Gasteiger partial charge >= 0.3 is 0 Å². The molecule has 0 spiro atoms. The summed E-state index contributed by atoms with van der Waals surface area (Å²) in [6.07, 6.45) is -5.43. The molecule has 0 unspecified atom stereocenters. The highest BCUT2D eigenvalue weighted by Gasteiger charge is 2.44. The number of ether oxygens (including phenoxy) is 1. The summed E-state index contributed by atoms with van der Waals surface area (Å²) in [7, 11) is -1.91. The summed E-state index contributed by atoms with van der Waals surface area (Å²) in [5.74, 6) is 0.853. The van der Waals surface area contributed by atoms with Gasteiger partial charge in [-0.25, -0.2) is 0 Å². The van der Waals surface area contributed by atoms with E-state index in [1.165, 1.54) is 0 Å². The molecule has 2 aromatic carbocycles. The maximum absolute atomic E-state index is 10.4. The molecule has 1 heterocycles. The van der Waals surface area contributed by atoms with Crippen LogP contribution in [0.5, 0.6) is 5.75 Å². The molecule has 8 heteroatoms. The summed E-state index contributed by atoms with van der Waals surface area (Å²) < 4.78 is 12.0. The second-order valence-electron chi connectivity index (χ2n) is 10.3. The summed E-state index contributed by atoms with van der Waals surface area (Å²) in [6, 6.07) is 13.3. The van der Waals surface area contributed by atoms with Crippen LogP contribution in [0.15, 0.2) is 42.5 Å². The van der Waals surface area contributed by atoms with Crippen LogP contribution in [0.2, 0.25) is 23.2 Å². The lowest BCUT2D eigenvalue weighted by atomic mass is 9.90. The third-order valence-corrected chi connectivity index (χ3v) is 11.5. The number of hydrogen-bond donors (Lipinski definition) is 4. The van der Waals surface area contributed by atoms with Crippen LogP contribution in [0.25, 0.3) is 0 Å². The molecule has 6 nitrogen and oxygen atoms in total. The zero-order chi connectivity index (χ0) is 24.6. The van der Waals surface area contributed by atoms with Crippen LogP contribution in [0.4, 0.5) is 0 Å². The predicted octanol–water partition coefficient (Wildman–Crippen LogP) is 3.83. The molecule has 1 aliphatic rings. The zero-order valence-electron chi connectivity index (χ0n) is 19.8. The van der Waals surface area contributed by atoms with Crippen LogP contribution in [0, 0.1) is 0 Å². The standard InChI is InChI=1S/C25H35ClO6Si/c1-25(2,3)33(4,5)32-18-9-6-15(7-10-18)12-17-13-16(8-11-19(17)26)24-23(30)22(29)21(28)20(14-27)31-24/h6-11,13,20-24,27-30H,12,14H2,1-5H3/t20-,21-,22+,23-,24+/m1/s1. The second-order valence-corrected chi connectivity index (χ2v) is 15.4. The molecule has 0 aromatic heterocycles. The minimum atomic E-state index is -1.91. The number of aliphatic hydroxyl groups is 4. The summed E-state index contributed by atoms with van der Waals surface area (Å²) in [5, 5.41) is 40.7. The molecule has 0 aliphatic carbocycles. The maximum Gasteiger partial charge on any atom is 0.250 e. The van der Waals surface area contributed by atoms with Gasteiger partial charge in [0.2, 0.25) is 8.32 Å². The molecule has 0 saturated carbocycles. The quantitative estimate of drug-likeness (QED) is 0.455. The summed E-state index contributed by atoms with van der Waals surface area (Å²) >= 11 is 6.45. The van der Waals surface area contributed by atoms with E-state index in [9.17, 15) is 20.4 Å². The Bertz CT molecular complexity index is 941. The minimum Gasteiger partial charge on any atom is -0.544 e. The van der Waals surface area contributed by atoms with Crippen molar-refractivity contribution in [2.24, 2.45) is 0 Å². The van der Waals surface area contributed by atoms with E-state index in [1.54, 1.807) is 12.1 Å². The van der Waals surface area contributed by atoms with E-state index in [2.05, 4.69) is 33.9 Å². The Morgan fingerprint density at radius 2 is 1.61 bits per heavy atom. The van der Waals surface area contributed by atoms with E-state index in [0.717, 1.165) is 16.9 Å². The highest BCUT2D eigenvalue weighted by atomic mass is 35.5. The van der Waals surface area contributed by atoms with Crippen molar-refractivity contribution in [2.75, 3.05) is 6.61 Å². The Morgan fingerprint density at radius 1 is 0.970 bits per heavy atom. The molecule has 0 amide bonds. The van der Waals surface area contributed by atoms with E-state index in [1.807, 2.05) is 30.3 Å². The third-order valence-electron chi connectivity index (χ3n) is 6.79. The maximum atomic E-state index is 10.4. The Balaban J connectivity index is 1.78. The van der Waals surface area contributed by atoms with Gasteiger partial charge in [-0.2, -0.15) is 0 Å². The van der Waals surface area contributed by atoms with Crippen LogP contribution < -0.4 is 4.43 Å². The second kappa shape index (κ2) is 10.0. The van der Waals surface area contributed by atoms with Gasteiger partial charge in [-0.3, -0.25) is 0 Å². The van der Waals surface area contributed by atoms with E-state index in [4.69, 9.17) is 20.8 Å². The SMILES string of the molecule is CC(C)(C)[Si](C)(C)Oc1ccc(Cc2cc([C@@H]3O[C@H](CO)[C@@H](O)[C@H](O)[C@H]3O)ccc2Cl)cc1. The number of halogens is 1. The Morgan fingerprint density at radius 3 is 2.18 bits per heavy atom. The molecule has 0 radical (unpaired) electrons. The molecule has 5 atom stereocenters. The van der Waals surface area contributed by atoms with Gasteiger partial charge in [0.25, 0.3) is 0 Å². The smallest absolute Gasteiger partial charge is 0.250 e. The van der Waals surface area contributed by atoms with Crippen molar-refractivity contribution in [1.29, 1.82) is 0 Å². The van der Waals surface area contributed by atoms with Crippen molar-refractivity contribution in [2.45, 2.75) is 75.8 Å². The van der Waals surface area contributed by atoms with E-state index >= 15 is 0 Å². The van der Waals surface area contributed by atoms with Crippen molar-refractivity contribution in [3.63, 3.8) is 0 Å². The molecule has 33 heavy (non-hydrogen) atoms. The van der Waals surface area contributed by atoms with Crippen LogP contribution in [-0.2, 0) is 11.2 Å². The number of rotatable bonds is 6. The Kier molecular flexibility index (Phi) is 7.96. The molecule has 0 bridgehead atoms. The number of hydrogen-bond acceptors (Lipinski definition) is 6.